The molecule has 0 saturated carbocycles. The second kappa shape index (κ2) is 7.95. The number of carbonyl (C=O) groups excluding carboxylic acids is 2. The first-order valence-electron chi connectivity index (χ1n) is 9.89. The number of hydrogen-bond acceptors (Lipinski definition) is 6. The van der Waals surface area contributed by atoms with Gasteiger partial charge in [0.1, 0.15) is 5.60 Å². The van der Waals surface area contributed by atoms with Crippen LogP contribution in [0.25, 0.3) is 0 Å². The number of halogens is 2. The third kappa shape index (κ3) is 4.32. The van der Waals surface area contributed by atoms with Crippen molar-refractivity contribution >= 4 is 17.6 Å². The molecular weight excluding hydrogens is 426 g/mol. The Kier molecular flexibility index (Phi) is 5.79. The maximum atomic E-state index is 13.8. The Morgan fingerprint density at radius 2 is 1.84 bits per heavy atom. The first-order chi connectivity index (χ1) is 14.7. The summed E-state index contributed by atoms with van der Waals surface area (Å²) in [5, 5.41) is 14.8. The van der Waals surface area contributed by atoms with Crippen LogP contribution >= 0.6 is 0 Å². The fraction of sp³-hybridized carbons (Fsp3) is 0.476. The highest BCUT2D eigenvalue weighted by Gasteiger charge is 2.47. The molecule has 32 heavy (non-hydrogen) atoms. The van der Waals surface area contributed by atoms with Crippen LogP contribution < -0.4 is 0 Å². The van der Waals surface area contributed by atoms with Gasteiger partial charge in [0.2, 0.25) is 0 Å². The SMILES string of the molecule is CC(C)(C)OC(=O)N1Cc2c(CC(=O)c3ccc([N+](=O)[O-])cc3)nn(C(F)F)c2C1(C)C. The number of Topliss-reactive ketones (excluding diaryl/α,β-unsaturated/α-hetero) is 1. The van der Waals surface area contributed by atoms with Gasteiger partial charge in [-0.25, -0.2) is 9.48 Å². The number of ether oxygens (including phenoxy) is 1. The van der Waals surface area contributed by atoms with Crippen molar-refractivity contribution in [2.45, 2.75) is 65.3 Å². The van der Waals surface area contributed by atoms with E-state index in [1.54, 1.807) is 34.6 Å². The number of carbonyl (C=O) groups is 2. The molecule has 0 unspecified atom stereocenters. The highest BCUT2D eigenvalue weighted by atomic mass is 19.3. The average molecular weight is 450 g/mol. The number of rotatable bonds is 5. The number of amides is 1. The molecule has 0 atom stereocenters. The Labute approximate surface area is 183 Å². The van der Waals surface area contributed by atoms with E-state index in [9.17, 15) is 28.5 Å². The van der Waals surface area contributed by atoms with Crippen LogP contribution in [0.4, 0.5) is 19.3 Å². The molecule has 0 aliphatic carbocycles. The van der Waals surface area contributed by atoms with Gasteiger partial charge in [0.25, 0.3) is 5.69 Å². The molecule has 0 saturated heterocycles. The molecule has 11 heteroatoms. The summed E-state index contributed by atoms with van der Waals surface area (Å²) in [6.45, 7) is 5.34. The molecule has 3 rings (SSSR count). The van der Waals surface area contributed by atoms with E-state index in [4.69, 9.17) is 4.74 Å². The predicted octanol–water partition coefficient (Wildman–Crippen LogP) is 4.60. The van der Waals surface area contributed by atoms with Gasteiger partial charge in [-0.2, -0.15) is 13.9 Å². The second-order valence-electron chi connectivity index (χ2n) is 9.03. The molecule has 172 valence electrons. The lowest BCUT2D eigenvalue weighted by molar-refractivity contribution is -0.384. The number of fused-ring (bicyclic) bond motifs is 1. The summed E-state index contributed by atoms with van der Waals surface area (Å²) >= 11 is 0. The number of alkyl halides is 2. The number of ketones is 1. The van der Waals surface area contributed by atoms with E-state index in [-0.39, 0.29) is 35.6 Å². The number of nitro benzene ring substituents is 1. The van der Waals surface area contributed by atoms with E-state index >= 15 is 0 Å². The standard InChI is InChI=1S/C21H24F2N4O5/c1-20(2,3)32-19(29)25-11-14-15(24-26(18(22)23)17(14)21(25,4)5)10-16(28)12-6-8-13(9-7-12)27(30)31/h6-9,18H,10-11H2,1-5H3. The molecule has 0 N–H and O–H groups in total. The van der Waals surface area contributed by atoms with Gasteiger partial charge in [0, 0.05) is 23.3 Å². The highest BCUT2D eigenvalue weighted by Crippen LogP contribution is 2.42. The van der Waals surface area contributed by atoms with Gasteiger partial charge in [-0.3, -0.25) is 19.8 Å². The minimum atomic E-state index is -2.97. The van der Waals surface area contributed by atoms with Crippen LogP contribution in [-0.4, -0.2) is 37.1 Å². The van der Waals surface area contributed by atoms with Gasteiger partial charge < -0.3 is 4.74 Å². The van der Waals surface area contributed by atoms with Crippen molar-refractivity contribution in [3.05, 3.63) is 56.9 Å². The third-order valence-corrected chi connectivity index (χ3v) is 5.19. The van der Waals surface area contributed by atoms with Crippen LogP contribution in [0, 0.1) is 10.1 Å². The van der Waals surface area contributed by atoms with Crippen molar-refractivity contribution < 1.29 is 28.0 Å². The Morgan fingerprint density at radius 1 is 1.25 bits per heavy atom. The van der Waals surface area contributed by atoms with Crippen molar-refractivity contribution in [3.8, 4) is 0 Å². The van der Waals surface area contributed by atoms with Gasteiger partial charge in [0.15, 0.2) is 5.78 Å². The first kappa shape index (κ1) is 23.3. The molecule has 1 amide bonds. The smallest absolute Gasteiger partial charge is 0.411 e. The lowest BCUT2D eigenvalue weighted by Crippen LogP contribution is -2.44. The van der Waals surface area contributed by atoms with Crippen LogP contribution in [0.3, 0.4) is 0 Å². The van der Waals surface area contributed by atoms with E-state index in [1.807, 2.05) is 0 Å². The molecule has 2 heterocycles. The average Bonchev–Trinajstić information content (AvgIpc) is 3.16. The summed E-state index contributed by atoms with van der Waals surface area (Å²) in [7, 11) is 0. The van der Waals surface area contributed by atoms with E-state index in [1.165, 1.54) is 29.2 Å². The number of non-ortho nitro benzene ring substituents is 1. The lowest BCUT2D eigenvalue weighted by atomic mass is 9.98. The molecule has 0 fully saturated rings. The van der Waals surface area contributed by atoms with Crippen LogP contribution in [0.2, 0.25) is 0 Å². The second-order valence-corrected chi connectivity index (χ2v) is 9.03. The molecule has 1 aromatic heterocycles. The van der Waals surface area contributed by atoms with Crippen LogP contribution in [0.1, 0.15) is 68.5 Å². The normalized spacial score (nSPS) is 15.1. The quantitative estimate of drug-likeness (QED) is 0.374. The summed E-state index contributed by atoms with van der Waals surface area (Å²) in [6, 6.07) is 5.01. The van der Waals surface area contributed by atoms with E-state index in [0.717, 1.165) is 0 Å². The van der Waals surface area contributed by atoms with Crippen LogP contribution in [0.5, 0.6) is 0 Å². The molecule has 0 bridgehead atoms. The minimum absolute atomic E-state index is 0.0349. The Bertz CT molecular complexity index is 1070. The summed E-state index contributed by atoms with van der Waals surface area (Å²) in [5.74, 6) is -0.435. The molecule has 1 aromatic carbocycles. The Morgan fingerprint density at radius 3 is 2.34 bits per heavy atom. The zero-order valence-corrected chi connectivity index (χ0v) is 18.4. The number of hydrogen-bond donors (Lipinski definition) is 0. The van der Waals surface area contributed by atoms with Crippen molar-refractivity contribution in [3.63, 3.8) is 0 Å². The topological polar surface area (TPSA) is 108 Å². The molecule has 2 aromatic rings. The maximum absolute atomic E-state index is 13.8. The lowest BCUT2D eigenvalue weighted by Gasteiger charge is -2.34. The number of nitrogens with zero attached hydrogens (tertiary/aromatic N) is 4. The van der Waals surface area contributed by atoms with Crippen molar-refractivity contribution in [1.82, 2.24) is 14.7 Å². The zero-order chi connectivity index (χ0) is 24.0. The summed E-state index contributed by atoms with van der Waals surface area (Å²) in [4.78, 5) is 37.0. The third-order valence-electron chi connectivity index (χ3n) is 5.19. The van der Waals surface area contributed by atoms with E-state index < -0.39 is 34.5 Å². The minimum Gasteiger partial charge on any atom is -0.444 e. The summed E-state index contributed by atoms with van der Waals surface area (Å²) < 4.78 is 33.5. The van der Waals surface area contributed by atoms with Crippen LogP contribution in [0.15, 0.2) is 24.3 Å². The van der Waals surface area contributed by atoms with Gasteiger partial charge in [0.05, 0.1) is 34.8 Å². The summed E-state index contributed by atoms with van der Waals surface area (Å²) in [5.41, 5.74) is -1.25. The largest absolute Gasteiger partial charge is 0.444 e. The van der Waals surface area contributed by atoms with Gasteiger partial charge >= 0.3 is 12.6 Å². The first-order valence-corrected chi connectivity index (χ1v) is 9.89. The maximum Gasteiger partial charge on any atom is 0.411 e. The fourth-order valence-electron chi connectivity index (χ4n) is 3.73. The Balaban J connectivity index is 1.94. The molecule has 1 aliphatic rings. The monoisotopic (exact) mass is 450 g/mol. The molecular formula is C21H24F2N4O5. The number of nitro groups is 1. The predicted molar refractivity (Wildman–Crippen MR) is 109 cm³/mol. The van der Waals surface area contributed by atoms with Crippen molar-refractivity contribution in [1.29, 1.82) is 0 Å². The van der Waals surface area contributed by atoms with E-state index in [2.05, 4.69) is 5.10 Å². The van der Waals surface area contributed by atoms with Crippen molar-refractivity contribution in [2.24, 2.45) is 0 Å². The molecule has 0 radical (unpaired) electrons. The zero-order valence-electron chi connectivity index (χ0n) is 18.4. The Hall–Kier alpha value is -3.37. The summed E-state index contributed by atoms with van der Waals surface area (Å²) in [6.07, 6.45) is -0.954. The van der Waals surface area contributed by atoms with Crippen LogP contribution in [-0.2, 0) is 23.2 Å². The fourth-order valence-corrected chi connectivity index (χ4v) is 3.73. The van der Waals surface area contributed by atoms with Crippen molar-refractivity contribution in [2.75, 3.05) is 0 Å². The molecule has 1 aliphatic heterocycles. The number of benzene rings is 1. The van der Waals surface area contributed by atoms with Gasteiger partial charge in [-0.15, -0.1) is 0 Å². The number of aromatic nitrogens is 2. The van der Waals surface area contributed by atoms with Gasteiger partial charge in [-0.05, 0) is 46.8 Å². The molecule has 9 nitrogen and oxygen atoms in total. The highest BCUT2D eigenvalue weighted by molar-refractivity contribution is 5.97. The van der Waals surface area contributed by atoms with E-state index in [0.29, 0.717) is 10.2 Å². The van der Waals surface area contributed by atoms with Gasteiger partial charge in [-0.1, -0.05) is 0 Å². The molecule has 0 spiro atoms.